The van der Waals surface area contributed by atoms with E-state index < -0.39 is 10.0 Å². The van der Waals surface area contributed by atoms with Gasteiger partial charge in [0.15, 0.2) is 0 Å². The van der Waals surface area contributed by atoms with Gasteiger partial charge < -0.3 is 0 Å². The predicted octanol–water partition coefficient (Wildman–Crippen LogP) is 5.75. The Labute approximate surface area is 162 Å². The van der Waals surface area contributed by atoms with Gasteiger partial charge in [-0.2, -0.15) is 0 Å². The van der Waals surface area contributed by atoms with Crippen molar-refractivity contribution in [1.82, 2.24) is 0 Å². The van der Waals surface area contributed by atoms with Crippen molar-refractivity contribution in [3.63, 3.8) is 0 Å². The van der Waals surface area contributed by atoms with Gasteiger partial charge in [0.25, 0.3) is 0 Å². The van der Waals surface area contributed by atoms with Gasteiger partial charge in [-0.25, -0.2) is 8.42 Å². The molecule has 0 aromatic heterocycles. The van der Waals surface area contributed by atoms with Gasteiger partial charge in [0.1, 0.15) is 0 Å². The highest BCUT2D eigenvalue weighted by Crippen LogP contribution is 2.38. The van der Waals surface area contributed by atoms with Crippen LogP contribution in [-0.4, -0.2) is 14.7 Å². The molecule has 1 N–H and O–H groups in total. The zero-order chi connectivity index (χ0) is 19.6. The molecule has 0 unspecified atom stereocenters. The first kappa shape index (κ1) is 20.8. The van der Waals surface area contributed by atoms with Crippen molar-refractivity contribution in [2.75, 3.05) is 11.0 Å². The molecule has 2 rings (SSSR count). The normalized spacial score (nSPS) is 12.8. The number of nitrogens with one attached hydrogen (secondary N) is 1. The lowest BCUT2D eigenvalue weighted by Crippen LogP contribution is -2.25. The third-order valence-corrected chi connectivity index (χ3v) is 5.79. The number of benzene rings is 2. The van der Waals surface area contributed by atoms with Gasteiger partial charge in [-0.05, 0) is 53.0 Å². The summed E-state index contributed by atoms with van der Waals surface area (Å²) < 4.78 is 26.0. The van der Waals surface area contributed by atoms with E-state index in [-0.39, 0.29) is 10.8 Å². The minimum atomic E-state index is -3.31. The molecule has 5 heteroatoms. The maximum absolute atomic E-state index is 11.7. The van der Waals surface area contributed by atoms with Crippen LogP contribution in [0.2, 0.25) is 5.02 Å². The van der Waals surface area contributed by atoms with Crippen molar-refractivity contribution in [3.8, 4) is 0 Å². The first-order valence-electron chi connectivity index (χ1n) is 8.74. The molecule has 142 valence electrons. The number of hydrogen-bond donors (Lipinski definition) is 1. The Balaban J connectivity index is 2.22. The van der Waals surface area contributed by atoms with Crippen LogP contribution in [0.5, 0.6) is 0 Å². The van der Waals surface area contributed by atoms with Crippen LogP contribution < -0.4 is 4.72 Å². The number of para-hydroxylation sites is 1. The van der Waals surface area contributed by atoms with Gasteiger partial charge in [0, 0.05) is 5.02 Å². The highest BCUT2D eigenvalue weighted by molar-refractivity contribution is 7.92. The molecule has 0 aliphatic heterocycles. The van der Waals surface area contributed by atoms with E-state index in [1.807, 2.05) is 36.4 Å². The van der Waals surface area contributed by atoms with E-state index in [0.29, 0.717) is 5.69 Å². The van der Waals surface area contributed by atoms with Crippen molar-refractivity contribution in [2.24, 2.45) is 0 Å². The van der Waals surface area contributed by atoms with E-state index in [4.69, 9.17) is 11.6 Å². The van der Waals surface area contributed by atoms with Crippen molar-refractivity contribution >= 4 is 27.3 Å². The number of sulfonamides is 1. The molecular weight excluding hydrogens is 366 g/mol. The lowest BCUT2D eigenvalue weighted by atomic mass is 9.72. The summed E-state index contributed by atoms with van der Waals surface area (Å²) in [5.41, 5.74) is 2.75. The Morgan fingerprint density at radius 2 is 1.42 bits per heavy atom. The average molecular weight is 394 g/mol. The number of hydrogen-bond acceptors (Lipinski definition) is 2. The second kappa shape index (κ2) is 7.61. The van der Waals surface area contributed by atoms with E-state index >= 15 is 0 Å². The third-order valence-electron chi connectivity index (χ3n) is 4.95. The molecule has 0 radical (unpaired) electrons. The van der Waals surface area contributed by atoms with Crippen LogP contribution >= 0.6 is 11.6 Å². The second-order valence-electron chi connectivity index (χ2n) is 8.19. The van der Waals surface area contributed by atoms with Crippen molar-refractivity contribution in [2.45, 2.75) is 51.4 Å². The molecule has 3 nitrogen and oxygen atoms in total. The van der Waals surface area contributed by atoms with E-state index in [9.17, 15) is 8.42 Å². The summed E-state index contributed by atoms with van der Waals surface area (Å²) in [4.78, 5) is 0. The molecule has 26 heavy (non-hydrogen) atoms. The average Bonchev–Trinajstić information content (AvgIpc) is 2.52. The van der Waals surface area contributed by atoms with Crippen LogP contribution in [0.4, 0.5) is 5.69 Å². The Kier molecular flexibility index (Phi) is 6.09. The van der Waals surface area contributed by atoms with Gasteiger partial charge in [-0.3, -0.25) is 4.72 Å². The molecule has 0 aliphatic rings. The smallest absolute Gasteiger partial charge is 0.229 e. The van der Waals surface area contributed by atoms with Crippen LogP contribution in [0.25, 0.3) is 0 Å². The minimum Gasteiger partial charge on any atom is -0.283 e. The second-order valence-corrected chi connectivity index (χ2v) is 10.4. The molecule has 0 fully saturated rings. The zero-order valence-corrected chi connectivity index (χ0v) is 17.7. The summed E-state index contributed by atoms with van der Waals surface area (Å²) >= 11 is 6.01. The first-order valence-corrected chi connectivity index (χ1v) is 11.0. The van der Waals surface area contributed by atoms with Gasteiger partial charge in [-0.1, -0.05) is 69.6 Å². The SMILES string of the molecule is CC(C)(CCC(C)(C)c1ccccc1NS(C)(=O)=O)c1ccc(Cl)cc1. The quantitative estimate of drug-likeness (QED) is 0.651. The fourth-order valence-electron chi connectivity index (χ4n) is 3.17. The predicted molar refractivity (Wildman–Crippen MR) is 112 cm³/mol. The Morgan fingerprint density at radius 1 is 0.885 bits per heavy atom. The topological polar surface area (TPSA) is 46.2 Å². The summed E-state index contributed by atoms with van der Waals surface area (Å²) in [6.45, 7) is 8.78. The number of halogens is 1. The van der Waals surface area contributed by atoms with Crippen molar-refractivity contribution in [1.29, 1.82) is 0 Å². The Morgan fingerprint density at radius 3 is 2.00 bits per heavy atom. The summed E-state index contributed by atoms with van der Waals surface area (Å²) in [5.74, 6) is 0. The summed E-state index contributed by atoms with van der Waals surface area (Å²) in [6, 6.07) is 15.6. The summed E-state index contributed by atoms with van der Waals surface area (Å²) in [5, 5.41) is 0.741. The monoisotopic (exact) mass is 393 g/mol. The highest BCUT2D eigenvalue weighted by atomic mass is 35.5. The maximum Gasteiger partial charge on any atom is 0.229 e. The van der Waals surface area contributed by atoms with Gasteiger partial charge >= 0.3 is 0 Å². The zero-order valence-electron chi connectivity index (χ0n) is 16.1. The van der Waals surface area contributed by atoms with Gasteiger partial charge in [0.2, 0.25) is 10.0 Å². The molecule has 0 heterocycles. The van der Waals surface area contributed by atoms with Gasteiger partial charge in [0.05, 0.1) is 11.9 Å². The molecule has 0 bridgehead atoms. The summed E-state index contributed by atoms with van der Waals surface area (Å²) in [7, 11) is -3.31. The molecular formula is C21H28ClNO2S. The summed E-state index contributed by atoms with van der Waals surface area (Å²) in [6.07, 6.45) is 3.07. The van der Waals surface area contributed by atoms with E-state index in [1.165, 1.54) is 11.8 Å². The Bertz CT molecular complexity index is 856. The van der Waals surface area contributed by atoms with Crippen LogP contribution in [-0.2, 0) is 20.9 Å². The molecule has 0 amide bonds. The van der Waals surface area contributed by atoms with Crippen LogP contribution in [0.1, 0.15) is 51.7 Å². The molecule has 0 saturated heterocycles. The Hall–Kier alpha value is -1.52. The molecule has 2 aromatic rings. The highest BCUT2D eigenvalue weighted by Gasteiger charge is 2.29. The molecule has 0 atom stereocenters. The largest absolute Gasteiger partial charge is 0.283 e. The molecule has 0 saturated carbocycles. The molecule has 2 aromatic carbocycles. The lowest BCUT2D eigenvalue weighted by Gasteiger charge is -2.33. The standard InChI is InChI=1S/C21H28ClNO2S/c1-20(2,16-10-12-17(22)13-11-16)14-15-21(3,4)18-8-6-7-9-19(18)23-26(5,24)25/h6-13,23H,14-15H2,1-5H3. The van der Waals surface area contributed by atoms with Gasteiger partial charge in [-0.15, -0.1) is 0 Å². The number of anilines is 1. The van der Waals surface area contributed by atoms with E-state index in [2.05, 4.69) is 44.5 Å². The fourth-order valence-corrected chi connectivity index (χ4v) is 3.87. The lowest BCUT2D eigenvalue weighted by molar-refractivity contribution is 0.375. The maximum atomic E-state index is 11.7. The molecule has 0 spiro atoms. The first-order chi connectivity index (χ1) is 11.9. The van der Waals surface area contributed by atoms with Crippen molar-refractivity contribution < 1.29 is 8.42 Å². The fraction of sp³-hybridized carbons (Fsp3) is 0.429. The van der Waals surface area contributed by atoms with E-state index in [1.54, 1.807) is 0 Å². The number of rotatable bonds is 7. The van der Waals surface area contributed by atoms with Crippen LogP contribution in [0.3, 0.4) is 0 Å². The van der Waals surface area contributed by atoms with Crippen LogP contribution in [0, 0.1) is 0 Å². The molecule has 0 aliphatic carbocycles. The minimum absolute atomic E-state index is 0.00106. The van der Waals surface area contributed by atoms with E-state index in [0.717, 1.165) is 23.4 Å². The van der Waals surface area contributed by atoms with Crippen molar-refractivity contribution in [3.05, 3.63) is 64.7 Å². The van der Waals surface area contributed by atoms with Crippen LogP contribution in [0.15, 0.2) is 48.5 Å². The third kappa shape index (κ3) is 5.49.